The van der Waals surface area contributed by atoms with Gasteiger partial charge in [0.15, 0.2) is 5.13 Å². The number of benzene rings is 1. The molecule has 0 saturated carbocycles. The Balaban J connectivity index is 1.64. The van der Waals surface area contributed by atoms with E-state index in [0.29, 0.717) is 13.1 Å². The SMILES string of the molecule is CCCN(CCC)C(=O)C1CN(c2nc3ccc(F)cc3s2)C1. The highest BCUT2D eigenvalue weighted by Crippen LogP contribution is 2.33. The third-order valence-electron chi connectivity index (χ3n) is 4.14. The van der Waals surface area contributed by atoms with E-state index in [1.54, 1.807) is 6.07 Å². The maximum absolute atomic E-state index is 13.3. The molecule has 1 aromatic carbocycles. The number of fused-ring (bicyclic) bond motifs is 1. The fourth-order valence-corrected chi connectivity index (χ4v) is 3.95. The molecule has 3 rings (SSSR count). The number of thiazole rings is 1. The molecular formula is C17H22FN3OS. The van der Waals surface area contributed by atoms with Gasteiger partial charge in [0.05, 0.1) is 16.1 Å². The van der Waals surface area contributed by atoms with Crippen LogP contribution in [0.1, 0.15) is 26.7 Å². The summed E-state index contributed by atoms with van der Waals surface area (Å²) in [4.78, 5) is 21.2. The zero-order chi connectivity index (χ0) is 16.4. The lowest BCUT2D eigenvalue weighted by Crippen LogP contribution is -2.54. The first-order valence-corrected chi connectivity index (χ1v) is 9.03. The Morgan fingerprint density at radius 3 is 2.70 bits per heavy atom. The van der Waals surface area contributed by atoms with Crippen molar-refractivity contribution in [3.8, 4) is 0 Å². The molecule has 1 aliphatic rings. The molecule has 1 aromatic heterocycles. The lowest BCUT2D eigenvalue weighted by atomic mass is 9.99. The van der Waals surface area contributed by atoms with E-state index in [0.717, 1.165) is 41.3 Å². The van der Waals surface area contributed by atoms with E-state index in [1.807, 2.05) is 4.90 Å². The van der Waals surface area contributed by atoms with Crippen LogP contribution in [0.3, 0.4) is 0 Å². The Labute approximate surface area is 139 Å². The van der Waals surface area contributed by atoms with Crippen molar-refractivity contribution in [2.24, 2.45) is 5.92 Å². The number of carbonyl (C=O) groups excluding carboxylic acids is 1. The van der Waals surface area contributed by atoms with Gasteiger partial charge in [0.2, 0.25) is 5.91 Å². The summed E-state index contributed by atoms with van der Waals surface area (Å²) in [6.07, 6.45) is 1.98. The molecule has 1 fully saturated rings. The molecule has 0 atom stereocenters. The van der Waals surface area contributed by atoms with Gasteiger partial charge in [-0.1, -0.05) is 25.2 Å². The van der Waals surface area contributed by atoms with Gasteiger partial charge in [-0.2, -0.15) is 0 Å². The summed E-state index contributed by atoms with van der Waals surface area (Å²) >= 11 is 1.49. The van der Waals surface area contributed by atoms with Crippen LogP contribution >= 0.6 is 11.3 Å². The third kappa shape index (κ3) is 3.32. The van der Waals surface area contributed by atoms with E-state index >= 15 is 0 Å². The second-order valence-electron chi connectivity index (χ2n) is 6.04. The highest BCUT2D eigenvalue weighted by atomic mass is 32.1. The molecule has 1 saturated heterocycles. The number of amides is 1. The predicted octanol–water partition coefficient (Wildman–Crippen LogP) is 3.52. The number of aromatic nitrogens is 1. The summed E-state index contributed by atoms with van der Waals surface area (Å²) in [7, 11) is 0. The van der Waals surface area contributed by atoms with Crippen molar-refractivity contribution < 1.29 is 9.18 Å². The van der Waals surface area contributed by atoms with Crippen molar-refractivity contribution in [1.82, 2.24) is 9.88 Å². The predicted molar refractivity (Wildman–Crippen MR) is 92.4 cm³/mol. The first-order valence-electron chi connectivity index (χ1n) is 8.22. The average molecular weight is 335 g/mol. The summed E-state index contributed by atoms with van der Waals surface area (Å²) in [6, 6.07) is 4.65. The van der Waals surface area contributed by atoms with Crippen LogP contribution in [0.5, 0.6) is 0 Å². The van der Waals surface area contributed by atoms with Gasteiger partial charge in [-0.3, -0.25) is 4.79 Å². The van der Waals surface area contributed by atoms with Gasteiger partial charge in [-0.15, -0.1) is 0 Å². The molecule has 2 aromatic rings. The fraction of sp³-hybridized carbons (Fsp3) is 0.529. The van der Waals surface area contributed by atoms with Crippen molar-refractivity contribution in [1.29, 1.82) is 0 Å². The highest BCUT2D eigenvalue weighted by Gasteiger charge is 2.36. The quantitative estimate of drug-likeness (QED) is 0.810. The van der Waals surface area contributed by atoms with Crippen LogP contribution in [0.15, 0.2) is 18.2 Å². The van der Waals surface area contributed by atoms with E-state index in [1.165, 1.54) is 23.5 Å². The van der Waals surface area contributed by atoms with Crippen molar-refractivity contribution in [3.63, 3.8) is 0 Å². The van der Waals surface area contributed by atoms with Crippen molar-refractivity contribution in [3.05, 3.63) is 24.0 Å². The number of hydrogen-bond donors (Lipinski definition) is 0. The summed E-state index contributed by atoms with van der Waals surface area (Å²) in [6.45, 7) is 7.30. The Morgan fingerprint density at radius 1 is 1.35 bits per heavy atom. The number of halogens is 1. The van der Waals surface area contributed by atoms with Crippen LogP contribution in [0.25, 0.3) is 10.2 Å². The van der Waals surface area contributed by atoms with Crippen molar-refractivity contribution >= 4 is 32.6 Å². The minimum Gasteiger partial charge on any atom is -0.346 e. The van der Waals surface area contributed by atoms with E-state index in [4.69, 9.17) is 0 Å². The number of nitrogens with zero attached hydrogens (tertiary/aromatic N) is 3. The summed E-state index contributed by atoms with van der Waals surface area (Å²) < 4.78 is 14.1. The fourth-order valence-electron chi connectivity index (χ4n) is 2.94. The van der Waals surface area contributed by atoms with Crippen LogP contribution in [0, 0.1) is 11.7 Å². The second kappa shape index (κ2) is 6.83. The van der Waals surface area contributed by atoms with Gasteiger partial charge >= 0.3 is 0 Å². The van der Waals surface area contributed by atoms with Crippen molar-refractivity contribution in [2.75, 3.05) is 31.1 Å². The van der Waals surface area contributed by atoms with Gasteiger partial charge < -0.3 is 9.80 Å². The molecule has 0 unspecified atom stereocenters. The molecule has 124 valence electrons. The summed E-state index contributed by atoms with van der Waals surface area (Å²) in [5.74, 6) is 0.0908. The number of hydrogen-bond acceptors (Lipinski definition) is 4. The molecule has 1 amide bonds. The molecular weight excluding hydrogens is 313 g/mol. The van der Waals surface area contributed by atoms with Gasteiger partial charge in [-0.05, 0) is 31.0 Å². The van der Waals surface area contributed by atoms with Crippen LogP contribution < -0.4 is 4.90 Å². The lowest BCUT2D eigenvalue weighted by molar-refractivity contribution is -0.136. The number of carbonyl (C=O) groups is 1. The maximum atomic E-state index is 13.3. The monoisotopic (exact) mass is 335 g/mol. The maximum Gasteiger partial charge on any atom is 0.229 e. The number of anilines is 1. The second-order valence-corrected chi connectivity index (χ2v) is 7.04. The molecule has 4 nitrogen and oxygen atoms in total. The topological polar surface area (TPSA) is 36.4 Å². The van der Waals surface area contributed by atoms with E-state index in [-0.39, 0.29) is 17.6 Å². The Bertz CT molecular complexity index is 690. The molecule has 23 heavy (non-hydrogen) atoms. The molecule has 1 aliphatic heterocycles. The van der Waals surface area contributed by atoms with Gasteiger partial charge in [0, 0.05) is 26.2 Å². The van der Waals surface area contributed by atoms with Crippen LogP contribution in [-0.2, 0) is 4.79 Å². The number of rotatable bonds is 6. The zero-order valence-corrected chi connectivity index (χ0v) is 14.4. The standard InChI is InChI=1S/C17H22FN3OS/c1-3-7-20(8-4-2)16(22)12-10-21(11-12)17-19-14-6-5-13(18)9-15(14)23-17/h5-6,9,12H,3-4,7-8,10-11H2,1-2H3. The molecule has 0 aliphatic carbocycles. The van der Waals surface area contributed by atoms with E-state index in [9.17, 15) is 9.18 Å². The zero-order valence-electron chi connectivity index (χ0n) is 13.6. The molecule has 6 heteroatoms. The third-order valence-corrected chi connectivity index (χ3v) is 5.22. The van der Waals surface area contributed by atoms with Gasteiger partial charge in [-0.25, -0.2) is 9.37 Å². The van der Waals surface area contributed by atoms with E-state index < -0.39 is 0 Å². The minimum atomic E-state index is -0.237. The Kier molecular flexibility index (Phi) is 4.80. The van der Waals surface area contributed by atoms with Crippen LogP contribution in [0.2, 0.25) is 0 Å². The first kappa shape index (κ1) is 16.2. The molecule has 0 bridgehead atoms. The lowest BCUT2D eigenvalue weighted by Gasteiger charge is -2.40. The first-order chi connectivity index (χ1) is 11.1. The van der Waals surface area contributed by atoms with Crippen molar-refractivity contribution in [2.45, 2.75) is 26.7 Å². The largest absolute Gasteiger partial charge is 0.346 e. The minimum absolute atomic E-state index is 0.0665. The highest BCUT2D eigenvalue weighted by molar-refractivity contribution is 7.22. The van der Waals surface area contributed by atoms with Crippen LogP contribution in [0.4, 0.5) is 9.52 Å². The smallest absolute Gasteiger partial charge is 0.229 e. The van der Waals surface area contributed by atoms with Gasteiger partial charge in [0.1, 0.15) is 5.82 Å². The summed E-state index contributed by atoms with van der Waals surface area (Å²) in [5.41, 5.74) is 0.819. The van der Waals surface area contributed by atoms with Crippen LogP contribution in [-0.4, -0.2) is 42.0 Å². The molecule has 2 heterocycles. The molecule has 0 radical (unpaired) electrons. The molecule has 0 spiro atoms. The normalized spacial score (nSPS) is 15.0. The Hall–Kier alpha value is -1.69. The molecule has 0 N–H and O–H groups in total. The Morgan fingerprint density at radius 2 is 2.04 bits per heavy atom. The van der Waals surface area contributed by atoms with E-state index in [2.05, 4.69) is 23.7 Å². The van der Waals surface area contributed by atoms with Gasteiger partial charge in [0.25, 0.3) is 0 Å². The average Bonchev–Trinajstić information content (AvgIpc) is 2.87. The summed E-state index contributed by atoms with van der Waals surface area (Å²) in [5, 5.41) is 0.882.